The number of hydrogen-bond acceptors (Lipinski definition) is 3. The third-order valence-corrected chi connectivity index (χ3v) is 2.69. The molecular formula is C12H21N3O2. The molecule has 0 aromatic carbocycles. The van der Waals surface area contributed by atoms with Gasteiger partial charge in [0.05, 0.1) is 11.8 Å². The van der Waals surface area contributed by atoms with Gasteiger partial charge in [-0.25, -0.2) is 0 Å². The van der Waals surface area contributed by atoms with Gasteiger partial charge in [0.1, 0.15) is 5.69 Å². The predicted octanol–water partition coefficient (Wildman–Crippen LogP) is 0.966. The first-order valence-electron chi connectivity index (χ1n) is 6.15. The van der Waals surface area contributed by atoms with E-state index in [2.05, 4.69) is 10.4 Å². The highest BCUT2D eigenvalue weighted by Crippen LogP contribution is 2.05. The van der Waals surface area contributed by atoms with Gasteiger partial charge in [-0.15, -0.1) is 0 Å². The number of aliphatic hydroxyl groups excluding tert-OH is 1. The summed E-state index contributed by atoms with van der Waals surface area (Å²) in [6.07, 6.45) is 0.959. The molecule has 0 saturated carbocycles. The fraction of sp³-hybridized carbons (Fsp3) is 0.667. The van der Waals surface area contributed by atoms with Gasteiger partial charge in [-0.05, 0) is 25.8 Å². The van der Waals surface area contributed by atoms with Crippen molar-refractivity contribution >= 4 is 5.91 Å². The number of aromatic nitrogens is 2. The lowest BCUT2D eigenvalue weighted by Crippen LogP contribution is -2.33. The molecule has 1 unspecified atom stereocenters. The highest BCUT2D eigenvalue weighted by Gasteiger charge is 2.14. The van der Waals surface area contributed by atoms with Gasteiger partial charge >= 0.3 is 0 Å². The normalized spacial score (nSPS) is 12.5. The van der Waals surface area contributed by atoms with Crippen molar-refractivity contribution in [3.8, 4) is 0 Å². The molecule has 5 heteroatoms. The van der Waals surface area contributed by atoms with E-state index in [1.807, 2.05) is 20.8 Å². The smallest absolute Gasteiger partial charge is 0.269 e. The van der Waals surface area contributed by atoms with Crippen LogP contribution in [0.4, 0.5) is 0 Å². The Morgan fingerprint density at radius 3 is 2.76 bits per heavy atom. The van der Waals surface area contributed by atoms with Crippen molar-refractivity contribution in [1.29, 1.82) is 0 Å². The second kappa shape index (κ2) is 6.39. The number of hydrogen-bond donors (Lipinski definition) is 2. The molecule has 1 atom stereocenters. The van der Waals surface area contributed by atoms with Crippen molar-refractivity contribution < 1.29 is 9.90 Å². The summed E-state index contributed by atoms with van der Waals surface area (Å²) < 4.78 is 1.69. The molecule has 0 aliphatic heterocycles. The summed E-state index contributed by atoms with van der Waals surface area (Å²) in [5, 5.41) is 16.4. The van der Waals surface area contributed by atoms with Crippen LogP contribution in [0, 0.1) is 0 Å². The lowest BCUT2D eigenvalue weighted by atomic mass is 10.2. The number of nitrogens with one attached hydrogen (secondary N) is 1. The van der Waals surface area contributed by atoms with Crippen LogP contribution in [-0.4, -0.2) is 33.4 Å². The molecule has 96 valence electrons. The van der Waals surface area contributed by atoms with E-state index in [0.29, 0.717) is 18.7 Å². The third-order valence-electron chi connectivity index (χ3n) is 2.69. The second-order valence-electron chi connectivity index (χ2n) is 3.96. The molecule has 17 heavy (non-hydrogen) atoms. The van der Waals surface area contributed by atoms with Crippen molar-refractivity contribution in [2.45, 2.75) is 46.3 Å². The van der Waals surface area contributed by atoms with E-state index in [4.69, 9.17) is 0 Å². The molecule has 0 aliphatic rings. The van der Waals surface area contributed by atoms with E-state index >= 15 is 0 Å². The van der Waals surface area contributed by atoms with E-state index in [9.17, 15) is 9.90 Å². The van der Waals surface area contributed by atoms with Gasteiger partial charge in [0.2, 0.25) is 0 Å². The molecule has 1 rings (SSSR count). The zero-order chi connectivity index (χ0) is 12.8. The minimum Gasteiger partial charge on any atom is -0.391 e. The Kier molecular flexibility index (Phi) is 5.15. The monoisotopic (exact) mass is 239 g/mol. The molecular weight excluding hydrogens is 218 g/mol. The van der Waals surface area contributed by atoms with E-state index in [1.54, 1.807) is 10.7 Å². The maximum absolute atomic E-state index is 11.9. The molecule has 0 fully saturated rings. The van der Waals surface area contributed by atoms with Crippen LogP contribution in [0.1, 0.15) is 43.4 Å². The standard InChI is InChI=1S/C12H21N3O2/c1-4-9-7-11(15(6-3)14-9)12(17)13-8-10(16)5-2/h7,10,16H,4-6,8H2,1-3H3,(H,13,17). The Hall–Kier alpha value is -1.36. The Morgan fingerprint density at radius 2 is 2.24 bits per heavy atom. The zero-order valence-corrected chi connectivity index (χ0v) is 10.7. The van der Waals surface area contributed by atoms with Gasteiger partial charge < -0.3 is 10.4 Å². The number of aliphatic hydroxyl groups is 1. The number of rotatable bonds is 6. The van der Waals surface area contributed by atoms with Crippen molar-refractivity contribution in [2.75, 3.05) is 6.54 Å². The van der Waals surface area contributed by atoms with Crippen molar-refractivity contribution in [2.24, 2.45) is 0 Å². The molecule has 1 aromatic rings. The zero-order valence-electron chi connectivity index (χ0n) is 10.7. The number of amides is 1. The summed E-state index contributed by atoms with van der Waals surface area (Å²) in [4.78, 5) is 11.9. The average molecular weight is 239 g/mol. The van der Waals surface area contributed by atoms with Crippen LogP contribution in [-0.2, 0) is 13.0 Å². The fourth-order valence-corrected chi connectivity index (χ4v) is 1.51. The summed E-state index contributed by atoms with van der Waals surface area (Å²) in [6, 6.07) is 1.80. The van der Waals surface area contributed by atoms with E-state index in [-0.39, 0.29) is 12.5 Å². The molecule has 1 amide bonds. The van der Waals surface area contributed by atoms with E-state index < -0.39 is 6.10 Å². The third kappa shape index (κ3) is 3.56. The van der Waals surface area contributed by atoms with Crippen molar-refractivity contribution in [3.63, 3.8) is 0 Å². The van der Waals surface area contributed by atoms with Gasteiger partial charge in [0, 0.05) is 13.1 Å². The first-order chi connectivity index (χ1) is 8.12. The Morgan fingerprint density at radius 1 is 1.53 bits per heavy atom. The molecule has 1 heterocycles. The fourth-order valence-electron chi connectivity index (χ4n) is 1.51. The SMILES string of the molecule is CCc1cc(C(=O)NCC(O)CC)n(CC)n1. The highest BCUT2D eigenvalue weighted by molar-refractivity contribution is 5.92. The number of carbonyl (C=O) groups is 1. The quantitative estimate of drug-likeness (QED) is 0.777. The molecule has 2 N–H and O–H groups in total. The number of nitrogens with zero attached hydrogens (tertiary/aromatic N) is 2. The van der Waals surface area contributed by atoms with Gasteiger partial charge in [-0.2, -0.15) is 5.10 Å². The van der Waals surface area contributed by atoms with Crippen LogP contribution < -0.4 is 5.32 Å². The molecule has 0 saturated heterocycles. The van der Waals surface area contributed by atoms with Crippen LogP contribution >= 0.6 is 0 Å². The Bertz CT molecular complexity index is 374. The largest absolute Gasteiger partial charge is 0.391 e. The van der Waals surface area contributed by atoms with Crippen LogP contribution in [0.3, 0.4) is 0 Å². The maximum Gasteiger partial charge on any atom is 0.269 e. The van der Waals surface area contributed by atoms with Gasteiger partial charge in [-0.1, -0.05) is 13.8 Å². The maximum atomic E-state index is 11.9. The molecule has 0 spiro atoms. The van der Waals surface area contributed by atoms with Crippen LogP contribution in [0.25, 0.3) is 0 Å². The molecule has 0 aliphatic carbocycles. The summed E-state index contributed by atoms with van der Waals surface area (Å²) >= 11 is 0. The minimum absolute atomic E-state index is 0.174. The first-order valence-corrected chi connectivity index (χ1v) is 6.15. The van der Waals surface area contributed by atoms with Gasteiger partial charge in [0.15, 0.2) is 0 Å². The highest BCUT2D eigenvalue weighted by atomic mass is 16.3. The number of carbonyl (C=O) groups excluding carboxylic acids is 1. The molecule has 0 radical (unpaired) electrons. The number of aryl methyl sites for hydroxylation is 2. The first kappa shape index (κ1) is 13.7. The molecule has 0 bridgehead atoms. The van der Waals surface area contributed by atoms with E-state index in [0.717, 1.165) is 12.1 Å². The molecule has 1 aromatic heterocycles. The van der Waals surface area contributed by atoms with Crippen LogP contribution in [0.5, 0.6) is 0 Å². The molecule has 5 nitrogen and oxygen atoms in total. The topological polar surface area (TPSA) is 67.2 Å². The van der Waals surface area contributed by atoms with Gasteiger partial charge in [-0.3, -0.25) is 9.48 Å². The van der Waals surface area contributed by atoms with Gasteiger partial charge in [0.25, 0.3) is 5.91 Å². The van der Waals surface area contributed by atoms with E-state index in [1.165, 1.54) is 0 Å². The van der Waals surface area contributed by atoms with Crippen molar-refractivity contribution in [1.82, 2.24) is 15.1 Å². The summed E-state index contributed by atoms with van der Waals surface area (Å²) in [6.45, 7) is 6.78. The Labute approximate surface area is 102 Å². The Balaban J connectivity index is 2.70. The lowest BCUT2D eigenvalue weighted by molar-refractivity contribution is 0.0903. The minimum atomic E-state index is -0.484. The van der Waals surface area contributed by atoms with Crippen molar-refractivity contribution in [3.05, 3.63) is 17.5 Å². The summed E-state index contributed by atoms with van der Waals surface area (Å²) in [7, 11) is 0. The summed E-state index contributed by atoms with van der Waals surface area (Å²) in [5.41, 5.74) is 1.47. The average Bonchev–Trinajstić information content (AvgIpc) is 2.78. The predicted molar refractivity (Wildman–Crippen MR) is 65.9 cm³/mol. The summed E-state index contributed by atoms with van der Waals surface area (Å²) in [5.74, 6) is -0.174. The van der Waals surface area contributed by atoms with Crippen LogP contribution in [0.2, 0.25) is 0 Å². The van der Waals surface area contributed by atoms with Crippen LogP contribution in [0.15, 0.2) is 6.07 Å². The lowest BCUT2D eigenvalue weighted by Gasteiger charge is -2.09. The second-order valence-corrected chi connectivity index (χ2v) is 3.96.